The van der Waals surface area contributed by atoms with Crippen LogP contribution in [-0.4, -0.2) is 30.5 Å². The van der Waals surface area contributed by atoms with E-state index in [2.05, 4.69) is 35.2 Å². The molecule has 88 valence electrons. The molecule has 13 nitrogen and oxygen atoms in total. The van der Waals surface area contributed by atoms with Gasteiger partial charge in [-0.2, -0.15) is 0 Å². The third-order valence-corrected chi connectivity index (χ3v) is 1.53. The maximum absolute atomic E-state index is 10.4. The van der Waals surface area contributed by atoms with E-state index in [0.29, 0.717) is 0 Å². The molecular weight excluding hydrogens is 242 g/mol. The van der Waals surface area contributed by atoms with Gasteiger partial charge in [0.25, 0.3) is 11.6 Å². The van der Waals surface area contributed by atoms with E-state index in [1.54, 1.807) is 0 Å². The van der Waals surface area contributed by atoms with Crippen LogP contribution in [0.2, 0.25) is 0 Å². The van der Waals surface area contributed by atoms with Crippen LogP contribution in [0.4, 0.5) is 23.3 Å². The first-order valence-electron chi connectivity index (χ1n) is 3.80. The van der Waals surface area contributed by atoms with Crippen molar-refractivity contribution in [2.45, 2.75) is 0 Å². The van der Waals surface area contributed by atoms with E-state index >= 15 is 0 Å². The number of aromatic nitrogens is 4. The first kappa shape index (κ1) is 10.4. The Morgan fingerprint density at radius 3 is 1.65 bits per heavy atom. The molecule has 0 amide bonds. The summed E-state index contributed by atoms with van der Waals surface area (Å²) in [5.74, 6) is -2.40. The van der Waals surface area contributed by atoms with Gasteiger partial charge in [-0.25, -0.2) is 0 Å². The van der Waals surface area contributed by atoms with Gasteiger partial charge in [0, 0.05) is 10.3 Å². The molecule has 0 unspecified atom stereocenters. The normalized spacial score (nSPS) is 10.1. The summed E-state index contributed by atoms with van der Waals surface area (Å²) in [4.78, 5) is 19.1. The Balaban J connectivity index is 2.32. The minimum atomic E-state index is -0.891. The van der Waals surface area contributed by atoms with Crippen LogP contribution in [0.5, 0.6) is 0 Å². The summed E-state index contributed by atoms with van der Waals surface area (Å²) in [6.45, 7) is 0. The molecule has 13 heteroatoms. The number of hydrogen-bond acceptors (Lipinski definition) is 11. The zero-order valence-corrected chi connectivity index (χ0v) is 7.63. The van der Waals surface area contributed by atoms with Crippen LogP contribution in [0, 0.1) is 20.2 Å². The van der Waals surface area contributed by atoms with E-state index in [4.69, 9.17) is 0 Å². The molecule has 0 aliphatic heterocycles. The summed E-state index contributed by atoms with van der Waals surface area (Å²) in [6, 6.07) is 0. The van der Waals surface area contributed by atoms with Gasteiger partial charge >= 0.3 is 11.6 Å². The van der Waals surface area contributed by atoms with Crippen molar-refractivity contribution in [1.29, 1.82) is 0 Å². The van der Waals surface area contributed by atoms with Crippen LogP contribution in [0.1, 0.15) is 0 Å². The lowest BCUT2D eigenvalue weighted by molar-refractivity contribution is -0.390. The molecule has 0 radical (unpaired) electrons. The van der Waals surface area contributed by atoms with Crippen molar-refractivity contribution < 1.29 is 19.1 Å². The minimum Gasteiger partial charge on any atom is -0.358 e. The molecule has 0 aromatic carbocycles. The van der Waals surface area contributed by atoms with E-state index in [-0.39, 0.29) is 0 Å². The third-order valence-electron chi connectivity index (χ3n) is 1.53. The van der Waals surface area contributed by atoms with Crippen molar-refractivity contribution in [3.8, 4) is 0 Å². The van der Waals surface area contributed by atoms with Gasteiger partial charge in [-0.15, -0.1) is 9.26 Å². The Morgan fingerprint density at radius 1 is 0.882 bits per heavy atom. The molecule has 0 spiro atoms. The lowest BCUT2D eigenvalue weighted by atomic mass is 10.5. The summed E-state index contributed by atoms with van der Waals surface area (Å²) in [5, 5.41) is 35.3. The molecule has 2 rings (SSSR count). The number of nitrogens with one attached hydrogen (secondary N) is 1. The predicted molar refractivity (Wildman–Crippen MR) is 45.2 cm³/mol. The highest BCUT2D eigenvalue weighted by Crippen LogP contribution is 2.26. The van der Waals surface area contributed by atoms with E-state index in [0.717, 1.165) is 0 Å². The smallest absolute Gasteiger partial charge is 0.358 e. The highest BCUT2D eigenvalue weighted by atomic mass is 16.6. The number of anilines is 2. The summed E-state index contributed by atoms with van der Waals surface area (Å²) in [5.41, 5.74) is 0. The van der Waals surface area contributed by atoms with Crippen molar-refractivity contribution in [2.24, 2.45) is 0 Å². The SMILES string of the molecule is O=[N+]([O-])c1nonc1Nc1nonc1[N+](=O)[O-]. The van der Waals surface area contributed by atoms with E-state index in [9.17, 15) is 20.2 Å². The molecule has 0 saturated carbocycles. The van der Waals surface area contributed by atoms with Crippen LogP contribution in [0.25, 0.3) is 0 Å². The number of nitro groups is 2. The molecule has 2 heterocycles. The van der Waals surface area contributed by atoms with Gasteiger partial charge in [0.2, 0.25) is 0 Å². The third kappa shape index (κ3) is 1.83. The Labute approximate surface area is 89.6 Å². The monoisotopic (exact) mass is 243 g/mol. The van der Waals surface area contributed by atoms with E-state index < -0.39 is 33.1 Å². The first-order valence-corrected chi connectivity index (χ1v) is 3.80. The van der Waals surface area contributed by atoms with Gasteiger partial charge in [-0.3, -0.25) is 0 Å². The van der Waals surface area contributed by atoms with Crippen molar-refractivity contribution in [1.82, 2.24) is 20.6 Å². The Hall–Kier alpha value is -3.12. The summed E-state index contributed by atoms with van der Waals surface area (Å²) in [6.07, 6.45) is 0. The van der Waals surface area contributed by atoms with Crippen molar-refractivity contribution in [2.75, 3.05) is 5.32 Å². The van der Waals surface area contributed by atoms with Crippen LogP contribution in [0.3, 0.4) is 0 Å². The molecular formula is C4HN7O6. The topological polar surface area (TPSA) is 176 Å². The van der Waals surface area contributed by atoms with Crippen molar-refractivity contribution in [3.63, 3.8) is 0 Å². The van der Waals surface area contributed by atoms with Gasteiger partial charge in [0.05, 0.1) is 0 Å². The Morgan fingerprint density at radius 2 is 1.29 bits per heavy atom. The van der Waals surface area contributed by atoms with Gasteiger partial charge in [-0.05, 0) is 9.85 Å². The van der Waals surface area contributed by atoms with Crippen LogP contribution in [-0.2, 0) is 0 Å². The quantitative estimate of drug-likeness (QED) is 0.564. The standard InChI is InChI=1S/C4HN7O6/c12-10(13)3-1(6-16-8-3)5-2-4(11(14)15)9-17-7-2/h(H,5,6,7). The van der Waals surface area contributed by atoms with Crippen LogP contribution in [0.15, 0.2) is 9.26 Å². The number of hydrogen-bond donors (Lipinski definition) is 1. The summed E-state index contributed by atoms with van der Waals surface area (Å²) in [7, 11) is 0. The highest BCUT2D eigenvalue weighted by molar-refractivity contribution is 5.63. The molecule has 0 atom stereocenters. The molecule has 0 saturated heterocycles. The fraction of sp³-hybridized carbons (Fsp3) is 0. The maximum atomic E-state index is 10.4. The van der Waals surface area contributed by atoms with Gasteiger partial charge in [0.15, 0.2) is 10.3 Å². The average Bonchev–Trinajstić information content (AvgIpc) is 2.86. The first-order chi connectivity index (χ1) is 8.09. The van der Waals surface area contributed by atoms with E-state index in [1.165, 1.54) is 0 Å². The molecule has 0 aliphatic rings. The number of rotatable bonds is 4. The zero-order valence-electron chi connectivity index (χ0n) is 7.63. The molecule has 17 heavy (non-hydrogen) atoms. The summed E-state index contributed by atoms with van der Waals surface area (Å²) < 4.78 is 8.21. The summed E-state index contributed by atoms with van der Waals surface area (Å²) >= 11 is 0. The lowest BCUT2D eigenvalue weighted by Gasteiger charge is -1.93. The predicted octanol–water partition coefficient (Wildman–Crippen LogP) is 0.0126. The van der Waals surface area contributed by atoms with Crippen LogP contribution < -0.4 is 5.32 Å². The van der Waals surface area contributed by atoms with Crippen molar-refractivity contribution in [3.05, 3.63) is 20.2 Å². The second-order valence-electron chi connectivity index (χ2n) is 2.51. The molecule has 2 aromatic heterocycles. The largest absolute Gasteiger partial charge is 0.459 e. The molecule has 2 aromatic rings. The highest BCUT2D eigenvalue weighted by Gasteiger charge is 2.29. The van der Waals surface area contributed by atoms with E-state index in [1.807, 2.05) is 0 Å². The van der Waals surface area contributed by atoms with Crippen LogP contribution >= 0.6 is 0 Å². The van der Waals surface area contributed by atoms with Gasteiger partial charge < -0.3 is 25.5 Å². The minimum absolute atomic E-state index is 0.450. The Kier molecular flexibility index (Phi) is 2.32. The lowest BCUT2D eigenvalue weighted by Crippen LogP contribution is -1.99. The average molecular weight is 243 g/mol. The second-order valence-corrected chi connectivity index (χ2v) is 2.51. The fourth-order valence-corrected chi connectivity index (χ4v) is 0.877. The number of nitrogens with zero attached hydrogens (tertiary/aromatic N) is 6. The fourth-order valence-electron chi connectivity index (χ4n) is 0.877. The Bertz CT molecular complexity index is 522. The molecule has 0 fully saturated rings. The van der Waals surface area contributed by atoms with Gasteiger partial charge in [-0.1, -0.05) is 0 Å². The molecule has 0 aliphatic carbocycles. The maximum Gasteiger partial charge on any atom is 0.459 e. The van der Waals surface area contributed by atoms with Crippen molar-refractivity contribution >= 4 is 23.3 Å². The zero-order chi connectivity index (χ0) is 12.4. The van der Waals surface area contributed by atoms with Gasteiger partial charge in [0.1, 0.15) is 0 Å². The molecule has 1 N–H and O–H groups in total. The second kappa shape index (κ2) is 3.80. The molecule has 0 bridgehead atoms.